The molecule has 2 saturated carbocycles. The summed E-state index contributed by atoms with van der Waals surface area (Å²) in [6.45, 7) is 6.36. The van der Waals surface area contributed by atoms with Crippen molar-refractivity contribution in [1.82, 2.24) is 0 Å². The van der Waals surface area contributed by atoms with Crippen LogP contribution in [0, 0.1) is 16.7 Å². The highest BCUT2D eigenvalue weighted by Gasteiger charge is 2.70. The summed E-state index contributed by atoms with van der Waals surface area (Å²) in [5, 5.41) is 33.0. The van der Waals surface area contributed by atoms with Crippen LogP contribution >= 0.6 is 0 Å². The van der Waals surface area contributed by atoms with E-state index in [4.69, 9.17) is 10.5 Å². The number of aliphatic carboxylic acids is 1. The predicted molar refractivity (Wildman–Crippen MR) is 129 cm³/mol. The molecule has 0 amide bonds. The van der Waals surface area contributed by atoms with Crippen molar-refractivity contribution in [1.29, 1.82) is 0 Å². The molecule has 2 fully saturated rings. The van der Waals surface area contributed by atoms with Gasteiger partial charge in [0.15, 0.2) is 11.6 Å². The van der Waals surface area contributed by atoms with Crippen molar-refractivity contribution in [2.75, 3.05) is 5.73 Å². The van der Waals surface area contributed by atoms with Crippen molar-refractivity contribution in [3.05, 3.63) is 41.5 Å². The maximum Gasteiger partial charge on any atom is 0.310 e. The third-order valence-corrected chi connectivity index (χ3v) is 9.10. The van der Waals surface area contributed by atoms with E-state index in [1.54, 1.807) is 38.1 Å². The smallest absolute Gasteiger partial charge is 0.310 e. The average Bonchev–Trinajstić information content (AvgIpc) is 2.77. The minimum atomic E-state index is -1.60. The molecule has 0 spiro atoms. The van der Waals surface area contributed by atoms with Crippen LogP contribution in [0.1, 0.15) is 70.2 Å². The first-order chi connectivity index (χ1) is 16.2. The van der Waals surface area contributed by atoms with Crippen LogP contribution in [0.2, 0.25) is 0 Å². The van der Waals surface area contributed by atoms with E-state index in [0.717, 1.165) is 0 Å². The predicted octanol–water partition coefficient (Wildman–Crippen LogP) is 2.91. The molecule has 0 saturated heterocycles. The molecule has 190 valence electrons. The van der Waals surface area contributed by atoms with Gasteiger partial charge in [0.2, 0.25) is 0 Å². The molecular weight excluding hydrogens is 450 g/mol. The zero-order valence-corrected chi connectivity index (χ0v) is 20.7. The SMILES string of the molecule is CC(C)(O)C1OC2CCC3(C)C(O)(CCC(CC(=O)c4ccccc4N)C3(C)C(=O)O)C2=CC1=O. The minimum absolute atomic E-state index is 0.0125. The summed E-state index contributed by atoms with van der Waals surface area (Å²) >= 11 is 0. The number of rotatable bonds is 5. The molecule has 0 bridgehead atoms. The van der Waals surface area contributed by atoms with Crippen LogP contribution < -0.4 is 5.73 Å². The van der Waals surface area contributed by atoms with Crippen LogP contribution in [0.25, 0.3) is 0 Å². The number of carbonyl (C=O) groups excluding carboxylic acids is 2. The summed E-state index contributed by atoms with van der Waals surface area (Å²) in [5.41, 5.74) is 1.46. The summed E-state index contributed by atoms with van der Waals surface area (Å²) in [6.07, 6.45) is 0.872. The third-order valence-electron chi connectivity index (χ3n) is 9.10. The first-order valence-electron chi connectivity index (χ1n) is 12.1. The Morgan fingerprint density at radius 2 is 1.83 bits per heavy atom. The van der Waals surface area contributed by atoms with Gasteiger partial charge in [-0.2, -0.15) is 0 Å². The van der Waals surface area contributed by atoms with Gasteiger partial charge in [0.05, 0.1) is 22.7 Å². The molecular formula is C27H35NO7. The number of nitrogens with two attached hydrogens (primary N) is 1. The van der Waals surface area contributed by atoms with Gasteiger partial charge in [-0.15, -0.1) is 0 Å². The standard InChI is InChI=1S/C27H35NO7/c1-24(2,33)22-20(30)14-17-21(35-22)10-11-25(3)26(4,23(31)32)15(9-12-27(17,25)34)13-19(29)16-7-5-6-8-18(16)28/h5-8,14-15,21-22,33-34H,9-13,28H2,1-4H3,(H,31,32). The number of carboxylic acids is 1. The second-order valence-corrected chi connectivity index (χ2v) is 11.3. The largest absolute Gasteiger partial charge is 0.481 e. The van der Waals surface area contributed by atoms with E-state index in [1.165, 1.54) is 19.9 Å². The summed E-state index contributed by atoms with van der Waals surface area (Å²) in [6, 6.07) is 6.73. The van der Waals surface area contributed by atoms with Gasteiger partial charge in [-0.1, -0.05) is 19.1 Å². The second-order valence-electron chi connectivity index (χ2n) is 11.3. The van der Waals surface area contributed by atoms with Crippen molar-refractivity contribution < 1.29 is 34.4 Å². The molecule has 35 heavy (non-hydrogen) atoms. The lowest BCUT2D eigenvalue weighted by Crippen LogP contribution is -2.69. The minimum Gasteiger partial charge on any atom is -0.481 e. The molecule has 8 heteroatoms. The van der Waals surface area contributed by atoms with Crippen molar-refractivity contribution in [2.24, 2.45) is 16.7 Å². The first-order valence-corrected chi connectivity index (χ1v) is 12.1. The van der Waals surface area contributed by atoms with Crippen LogP contribution in [-0.4, -0.2) is 56.3 Å². The quantitative estimate of drug-likeness (QED) is 0.368. The number of anilines is 1. The number of aliphatic hydroxyl groups is 2. The normalized spacial score (nSPS) is 37.1. The highest BCUT2D eigenvalue weighted by Crippen LogP contribution is 2.66. The van der Waals surface area contributed by atoms with Gasteiger partial charge < -0.3 is 25.8 Å². The monoisotopic (exact) mass is 485 g/mol. The number of para-hydroxylation sites is 1. The highest BCUT2D eigenvalue weighted by atomic mass is 16.5. The third kappa shape index (κ3) is 3.65. The number of fused-ring (bicyclic) bond motifs is 3. The van der Waals surface area contributed by atoms with Gasteiger partial charge in [-0.05, 0) is 76.2 Å². The van der Waals surface area contributed by atoms with Gasteiger partial charge in [0.1, 0.15) is 6.10 Å². The van der Waals surface area contributed by atoms with E-state index in [1.807, 2.05) is 0 Å². The van der Waals surface area contributed by atoms with E-state index < -0.39 is 51.9 Å². The Bertz CT molecular complexity index is 1100. The van der Waals surface area contributed by atoms with Crippen LogP contribution in [0.4, 0.5) is 5.69 Å². The van der Waals surface area contributed by atoms with Crippen molar-refractivity contribution in [3.63, 3.8) is 0 Å². The molecule has 3 aliphatic rings. The Kier molecular flexibility index (Phi) is 6.02. The number of hydrogen-bond acceptors (Lipinski definition) is 7. The van der Waals surface area contributed by atoms with Crippen LogP contribution in [0.3, 0.4) is 0 Å². The number of carbonyl (C=O) groups is 3. The topological polar surface area (TPSA) is 147 Å². The van der Waals surface area contributed by atoms with Crippen molar-refractivity contribution in [2.45, 2.75) is 83.2 Å². The zero-order valence-electron chi connectivity index (χ0n) is 20.7. The van der Waals surface area contributed by atoms with Crippen LogP contribution in [-0.2, 0) is 14.3 Å². The number of Topliss-reactive ketones (excluding diaryl/α,β-unsaturated/α-hetero) is 1. The average molecular weight is 486 g/mol. The fourth-order valence-electron chi connectivity index (χ4n) is 6.73. The molecule has 0 radical (unpaired) electrons. The van der Waals surface area contributed by atoms with E-state index in [0.29, 0.717) is 29.7 Å². The van der Waals surface area contributed by atoms with Crippen LogP contribution in [0.15, 0.2) is 35.9 Å². The first kappa shape index (κ1) is 25.5. The number of hydrogen-bond donors (Lipinski definition) is 4. The Hall–Kier alpha value is -2.55. The zero-order chi connectivity index (χ0) is 26.0. The Morgan fingerprint density at radius 1 is 1.17 bits per heavy atom. The molecule has 4 rings (SSSR count). The molecule has 1 aliphatic heterocycles. The van der Waals surface area contributed by atoms with Gasteiger partial charge in [0, 0.05) is 23.1 Å². The molecule has 6 unspecified atom stereocenters. The Balaban J connectivity index is 1.73. The maximum absolute atomic E-state index is 13.2. The van der Waals surface area contributed by atoms with E-state index in [9.17, 15) is 29.7 Å². The molecule has 1 aromatic rings. The van der Waals surface area contributed by atoms with Crippen LogP contribution in [0.5, 0.6) is 0 Å². The molecule has 0 aromatic heterocycles. The summed E-state index contributed by atoms with van der Waals surface area (Å²) in [7, 11) is 0. The number of benzene rings is 1. The summed E-state index contributed by atoms with van der Waals surface area (Å²) in [4.78, 5) is 38.9. The summed E-state index contributed by atoms with van der Waals surface area (Å²) in [5.74, 6) is -2.31. The number of carboxylic acid groups (broad SMARTS) is 1. The van der Waals surface area contributed by atoms with Crippen molar-refractivity contribution >= 4 is 23.2 Å². The van der Waals surface area contributed by atoms with E-state index >= 15 is 0 Å². The molecule has 2 aliphatic carbocycles. The molecule has 5 N–H and O–H groups in total. The second kappa shape index (κ2) is 8.25. The maximum atomic E-state index is 13.2. The van der Waals surface area contributed by atoms with Gasteiger partial charge in [-0.3, -0.25) is 14.4 Å². The van der Waals surface area contributed by atoms with Gasteiger partial charge >= 0.3 is 5.97 Å². The van der Waals surface area contributed by atoms with Crippen molar-refractivity contribution in [3.8, 4) is 0 Å². The Morgan fingerprint density at radius 3 is 2.43 bits per heavy atom. The highest BCUT2D eigenvalue weighted by molar-refractivity contribution is 6.01. The number of nitrogen functional groups attached to an aromatic ring is 1. The lowest BCUT2D eigenvalue weighted by molar-refractivity contribution is -0.225. The lowest BCUT2D eigenvalue weighted by Gasteiger charge is -2.64. The van der Waals surface area contributed by atoms with E-state index in [-0.39, 0.29) is 25.0 Å². The number of ether oxygens (including phenoxy) is 1. The fraction of sp³-hybridized carbons (Fsp3) is 0.593. The van der Waals surface area contributed by atoms with Gasteiger partial charge in [-0.25, -0.2) is 0 Å². The molecule has 8 nitrogen and oxygen atoms in total. The molecule has 1 aromatic carbocycles. The lowest BCUT2D eigenvalue weighted by atomic mass is 9.41. The Labute approximate surface area is 205 Å². The molecule has 1 heterocycles. The number of ketones is 2. The fourth-order valence-corrected chi connectivity index (χ4v) is 6.73. The van der Waals surface area contributed by atoms with E-state index in [2.05, 4.69) is 0 Å². The molecule has 6 atom stereocenters. The van der Waals surface area contributed by atoms with Gasteiger partial charge in [0.25, 0.3) is 0 Å². The summed E-state index contributed by atoms with van der Waals surface area (Å²) < 4.78 is 5.97.